The Morgan fingerprint density at radius 2 is 2.11 bits per heavy atom. The van der Waals surface area contributed by atoms with Gasteiger partial charge in [0.1, 0.15) is 12.2 Å². The minimum atomic E-state index is -1.02. The number of benzene rings is 1. The second-order valence-electron chi connectivity index (χ2n) is 6.64. The second kappa shape index (κ2) is 7.56. The molecule has 1 aliphatic heterocycles. The van der Waals surface area contributed by atoms with Crippen molar-refractivity contribution in [2.75, 3.05) is 11.4 Å². The summed E-state index contributed by atoms with van der Waals surface area (Å²) >= 11 is 0. The molecule has 1 aromatic heterocycles. The van der Waals surface area contributed by atoms with Gasteiger partial charge in [-0.25, -0.2) is 4.68 Å². The fourth-order valence-corrected chi connectivity index (χ4v) is 3.10. The number of aryl methyl sites for hydroxylation is 1. The Bertz CT molecular complexity index is 892. The van der Waals surface area contributed by atoms with E-state index in [0.29, 0.717) is 12.2 Å². The van der Waals surface area contributed by atoms with Crippen LogP contribution in [0.2, 0.25) is 0 Å². The van der Waals surface area contributed by atoms with Crippen molar-refractivity contribution in [3.63, 3.8) is 0 Å². The summed E-state index contributed by atoms with van der Waals surface area (Å²) in [7, 11) is 0. The first kappa shape index (κ1) is 18.6. The molecule has 2 N–H and O–H groups in total. The number of carbonyl (C=O) groups excluding carboxylic acids is 2. The van der Waals surface area contributed by atoms with E-state index >= 15 is 0 Å². The average Bonchev–Trinajstić information content (AvgIpc) is 3.21. The highest BCUT2D eigenvalue weighted by atomic mass is 16.4. The average molecular weight is 371 g/mol. The SMILES string of the molecule is Cc1cccc(N2CC(C(=O)NCc3cn(CC(=O)O)nn3)CC2=O)c1C. The molecule has 0 spiro atoms. The fraction of sp³-hybridized carbons (Fsp3) is 0.389. The number of aromatic nitrogens is 3. The molecule has 1 aromatic carbocycles. The van der Waals surface area contributed by atoms with Crippen molar-refractivity contribution in [3.05, 3.63) is 41.2 Å². The van der Waals surface area contributed by atoms with Crippen LogP contribution in [0.5, 0.6) is 0 Å². The van der Waals surface area contributed by atoms with Gasteiger partial charge in [-0.1, -0.05) is 17.3 Å². The highest BCUT2D eigenvalue weighted by Crippen LogP contribution is 2.29. The van der Waals surface area contributed by atoms with Crippen molar-refractivity contribution in [2.45, 2.75) is 33.4 Å². The van der Waals surface area contributed by atoms with Gasteiger partial charge in [0.2, 0.25) is 11.8 Å². The predicted octanol–water partition coefficient (Wildman–Crippen LogP) is 0.649. The summed E-state index contributed by atoms with van der Waals surface area (Å²) < 4.78 is 1.19. The minimum absolute atomic E-state index is 0.0729. The number of carboxylic acid groups (broad SMARTS) is 1. The van der Waals surface area contributed by atoms with E-state index in [1.807, 2.05) is 32.0 Å². The zero-order chi connectivity index (χ0) is 19.6. The molecular weight excluding hydrogens is 350 g/mol. The summed E-state index contributed by atoms with van der Waals surface area (Å²) in [6, 6.07) is 5.78. The Balaban J connectivity index is 1.60. The third kappa shape index (κ3) is 4.13. The Kier molecular flexibility index (Phi) is 5.20. The number of hydrogen-bond donors (Lipinski definition) is 2. The third-order valence-corrected chi connectivity index (χ3v) is 4.69. The van der Waals surface area contributed by atoms with Crippen LogP contribution in [0.1, 0.15) is 23.2 Å². The molecule has 9 nitrogen and oxygen atoms in total. The molecule has 1 saturated heterocycles. The standard InChI is InChI=1S/C18H21N5O4/c1-11-4-3-5-15(12(11)2)23-8-13(6-16(23)24)18(27)19-7-14-9-22(21-20-14)10-17(25)26/h3-5,9,13H,6-8,10H2,1-2H3,(H,19,27)(H,25,26). The number of amides is 2. The van der Waals surface area contributed by atoms with Crippen LogP contribution < -0.4 is 10.2 Å². The molecule has 1 aliphatic rings. The van der Waals surface area contributed by atoms with Gasteiger partial charge in [-0.05, 0) is 31.0 Å². The van der Waals surface area contributed by atoms with E-state index < -0.39 is 11.9 Å². The third-order valence-electron chi connectivity index (χ3n) is 4.69. The predicted molar refractivity (Wildman–Crippen MR) is 95.9 cm³/mol. The lowest BCUT2D eigenvalue weighted by Crippen LogP contribution is -2.33. The maximum Gasteiger partial charge on any atom is 0.325 e. The van der Waals surface area contributed by atoms with Gasteiger partial charge >= 0.3 is 5.97 Å². The van der Waals surface area contributed by atoms with E-state index in [2.05, 4.69) is 15.6 Å². The van der Waals surface area contributed by atoms with Crippen LogP contribution in [0.15, 0.2) is 24.4 Å². The Labute approximate surface area is 156 Å². The lowest BCUT2D eigenvalue weighted by atomic mass is 10.1. The Morgan fingerprint density at radius 3 is 2.85 bits per heavy atom. The molecule has 142 valence electrons. The molecule has 2 heterocycles. The summed E-state index contributed by atoms with van der Waals surface area (Å²) in [5.41, 5.74) is 3.42. The van der Waals surface area contributed by atoms with Gasteiger partial charge in [-0.2, -0.15) is 0 Å². The normalized spacial score (nSPS) is 16.6. The largest absolute Gasteiger partial charge is 0.480 e. The zero-order valence-electron chi connectivity index (χ0n) is 15.2. The molecule has 1 unspecified atom stereocenters. The van der Waals surface area contributed by atoms with Crippen LogP contribution in [0.25, 0.3) is 0 Å². The number of nitrogens with one attached hydrogen (secondary N) is 1. The smallest absolute Gasteiger partial charge is 0.325 e. The summed E-state index contributed by atoms with van der Waals surface area (Å²) in [4.78, 5) is 37.1. The van der Waals surface area contributed by atoms with Gasteiger partial charge in [-0.3, -0.25) is 14.4 Å². The Hall–Kier alpha value is -3.23. The topological polar surface area (TPSA) is 117 Å². The molecule has 1 atom stereocenters. The van der Waals surface area contributed by atoms with Crippen LogP contribution in [0.3, 0.4) is 0 Å². The van der Waals surface area contributed by atoms with E-state index in [9.17, 15) is 14.4 Å². The van der Waals surface area contributed by atoms with Gasteiger partial charge < -0.3 is 15.3 Å². The van der Waals surface area contributed by atoms with Gasteiger partial charge in [0, 0.05) is 18.7 Å². The zero-order valence-corrected chi connectivity index (χ0v) is 15.2. The summed E-state index contributed by atoms with van der Waals surface area (Å²) in [6.07, 6.45) is 1.63. The molecule has 3 rings (SSSR count). The van der Waals surface area contributed by atoms with Gasteiger partial charge in [0.05, 0.1) is 18.7 Å². The first-order chi connectivity index (χ1) is 12.8. The number of hydrogen-bond acceptors (Lipinski definition) is 5. The number of carbonyl (C=O) groups is 3. The quantitative estimate of drug-likeness (QED) is 0.770. The summed E-state index contributed by atoms with van der Waals surface area (Å²) in [6.45, 7) is 4.13. The van der Waals surface area contributed by atoms with Gasteiger partial charge in [0.15, 0.2) is 0 Å². The Morgan fingerprint density at radius 1 is 1.33 bits per heavy atom. The number of nitrogens with zero attached hydrogens (tertiary/aromatic N) is 4. The van der Waals surface area contributed by atoms with Crippen molar-refractivity contribution >= 4 is 23.5 Å². The van der Waals surface area contributed by atoms with Crippen molar-refractivity contribution in [3.8, 4) is 0 Å². The number of carboxylic acids is 1. The first-order valence-corrected chi connectivity index (χ1v) is 8.60. The molecule has 0 saturated carbocycles. The molecule has 27 heavy (non-hydrogen) atoms. The van der Waals surface area contributed by atoms with Crippen molar-refractivity contribution in [1.82, 2.24) is 20.3 Å². The van der Waals surface area contributed by atoms with E-state index in [1.165, 1.54) is 10.9 Å². The molecule has 2 amide bonds. The van der Waals surface area contributed by atoms with Gasteiger partial charge in [0.25, 0.3) is 0 Å². The van der Waals surface area contributed by atoms with Crippen LogP contribution in [0, 0.1) is 19.8 Å². The fourth-order valence-electron chi connectivity index (χ4n) is 3.10. The highest BCUT2D eigenvalue weighted by molar-refractivity contribution is 6.00. The molecule has 9 heteroatoms. The van der Waals surface area contributed by atoms with Crippen LogP contribution in [0.4, 0.5) is 5.69 Å². The number of aliphatic carboxylic acids is 1. The summed E-state index contributed by atoms with van der Waals surface area (Å²) in [5, 5.41) is 19.0. The van der Waals surface area contributed by atoms with E-state index in [1.54, 1.807) is 4.90 Å². The maximum absolute atomic E-state index is 12.4. The molecule has 0 radical (unpaired) electrons. The van der Waals surface area contributed by atoms with Crippen molar-refractivity contribution < 1.29 is 19.5 Å². The minimum Gasteiger partial charge on any atom is -0.480 e. The van der Waals surface area contributed by atoms with Crippen molar-refractivity contribution in [1.29, 1.82) is 0 Å². The molecular formula is C18H21N5O4. The van der Waals surface area contributed by atoms with Gasteiger partial charge in [-0.15, -0.1) is 5.10 Å². The molecule has 0 aliphatic carbocycles. The lowest BCUT2D eigenvalue weighted by molar-refractivity contribution is -0.138. The summed E-state index contributed by atoms with van der Waals surface area (Å²) in [5.74, 6) is -1.77. The monoisotopic (exact) mass is 371 g/mol. The number of anilines is 1. The van der Waals surface area contributed by atoms with E-state index in [4.69, 9.17) is 5.11 Å². The van der Waals surface area contributed by atoms with E-state index in [-0.39, 0.29) is 31.3 Å². The molecule has 0 bridgehead atoms. The van der Waals surface area contributed by atoms with Crippen LogP contribution >= 0.6 is 0 Å². The van der Waals surface area contributed by atoms with E-state index in [0.717, 1.165) is 16.8 Å². The highest BCUT2D eigenvalue weighted by Gasteiger charge is 2.35. The number of rotatable bonds is 6. The van der Waals surface area contributed by atoms with Crippen molar-refractivity contribution in [2.24, 2.45) is 5.92 Å². The van der Waals surface area contributed by atoms with Crippen LogP contribution in [-0.2, 0) is 27.5 Å². The lowest BCUT2D eigenvalue weighted by Gasteiger charge is -2.20. The second-order valence-corrected chi connectivity index (χ2v) is 6.64. The first-order valence-electron chi connectivity index (χ1n) is 8.60. The molecule has 1 fully saturated rings. The van der Waals surface area contributed by atoms with Crippen LogP contribution in [-0.4, -0.2) is 44.4 Å². The molecule has 2 aromatic rings. The maximum atomic E-state index is 12.4.